The standard InChI is InChI=1S/C9H17N3O2/c10-3-8-5-14-6-9(13)12(8)7-1-2-11-4-7/h7-8,11H,1-6,10H2. The largest absolute Gasteiger partial charge is 0.369 e. The van der Waals surface area contributed by atoms with Crippen LogP contribution in [0, 0.1) is 0 Å². The lowest BCUT2D eigenvalue weighted by atomic mass is 10.1. The molecule has 2 aliphatic rings. The van der Waals surface area contributed by atoms with Crippen LogP contribution < -0.4 is 11.1 Å². The molecule has 0 aliphatic carbocycles. The number of carbonyl (C=O) groups is 1. The highest BCUT2D eigenvalue weighted by atomic mass is 16.5. The van der Waals surface area contributed by atoms with Crippen molar-refractivity contribution >= 4 is 5.91 Å². The summed E-state index contributed by atoms with van der Waals surface area (Å²) in [5, 5.41) is 3.26. The molecule has 0 aromatic carbocycles. The summed E-state index contributed by atoms with van der Waals surface area (Å²) in [5.41, 5.74) is 5.63. The first-order valence-electron chi connectivity index (χ1n) is 5.12. The molecule has 0 bridgehead atoms. The number of amides is 1. The maximum Gasteiger partial charge on any atom is 0.249 e. The van der Waals surface area contributed by atoms with Gasteiger partial charge in [-0.2, -0.15) is 0 Å². The summed E-state index contributed by atoms with van der Waals surface area (Å²) >= 11 is 0. The highest BCUT2D eigenvalue weighted by Gasteiger charge is 2.34. The van der Waals surface area contributed by atoms with Crippen LogP contribution in [0.5, 0.6) is 0 Å². The van der Waals surface area contributed by atoms with Gasteiger partial charge in [-0.1, -0.05) is 0 Å². The molecule has 14 heavy (non-hydrogen) atoms. The molecule has 2 saturated heterocycles. The predicted molar refractivity (Wildman–Crippen MR) is 51.8 cm³/mol. The Bertz CT molecular complexity index is 214. The van der Waals surface area contributed by atoms with Gasteiger partial charge in [0, 0.05) is 19.1 Å². The van der Waals surface area contributed by atoms with Crippen molar-refractivity contribution in [3.8, 4) is 0 Å². The Morgan fingerprint density at radius 2 is 2.50 bits per heavy atom. The smallest absolute Gasteiger partial charge is 0.249 e. The Kier molecular flexibility index (Phi) is 3.00. The Morgan fingerprint density at radius 1 is 1.64 bits per heavy atom. The molecule has 2 unspecified atom stereocenters. The molecule has 0 aromatic heterocycles. The lowest BCUT2D eigenvalue weighted by molar-refractivity contribution is -0.150. The SMILES string of the molecule is NCC1COCC(=O)N1C1CCNC1. The molecule has 2 fully saturated rings. The van der Waals surface area contributed by atoms with Crippen molar-refractivity contribution in [1.82, 2.24) is 10.2 Å². The second-order valence-electron chi connectivity index (χ2n) is 3.85. The van der Waals surface area contributed by atoms with Crippen LogP contribution in [-0.2, 0) is 9.53 Å². The van der Waals surface area contributed by atoms with Crippen molar-refractivity contribution < 1.29 is 9.53 Å². The summed E-state index contributed by atoms with van der Waals surface area (Å²) in [6.07, 6.45) is 1.03. The third-order valence-corrected chi connectivity index (χ3v) is 2.92. The van der Waals surface area contributed by atoms with Crippen molar-refractivity contribution in [3.63, 3.8) is 0 Å². The zero-order valence-electron chi connectivity index (χ0n) is 8.24. The summed E-state index contributed by atoms with van der Waals surface area (Å²) in [6.45, 7) is 3.17. The van der Waals surface area contributed by atoms with E-state index in [0.29, 0.717) is 19.2 Å². The number of hydrogen-bond acceptors (Lipinski definition) is 4. The fourth-order valence-corrected chi connectivity index (χ4v) is 2.20. The number of nitrogens with zero attached hydrogens (tertiary/aromatic N) is 1. The van der Waals surface area contributed by atoms with Gasteiger partial charge in [-0.15, -0.1) is 0 Å². The summed E-state index contributed by atoms with van der Waals surface area (Å²) in [7, 11) is 0. The summed E-state index contributed by atoms with van der Waals surface area (Å²) in [5.74, 6) is 0.0837. The van der Waals surface area contributed by atoms with E-state index in [-0.39, 0.29) is 18.6 Å². The van der Waals surface area contributed by atoms with Crippen LogP contribution in [0.1, 0.15) is 6.42 Å². The van der Waals surface area contributed by atoms with E-state index in [1.165, 1.54) is 0 Å². The first kappa shape index (κ1) is 9.89. The van der Waals surface area contributed by atoms with E-state index in [4.69, 9.17) is 10.5 Å². The van der Waals surface area contributed by atoms with Gasteiger partial charge in [-0.3, -0.25) is 4.79 Å². The molecule has 1 amide bonds. The molecule has 0 aromatic rings. The van der Waals surface area contributed by atoms with E-state index in [1.54, 1.807) is 0 Å². The molecular weight excluding hydrogens is 182 g/mol. The maximum absolute atomic E-state index is 11.7. The Balaban J connectivity index is 2.06. The van der Waals surface area contributed by atoms with E-state index in [9.17, 15) is 4.79 Å². The van der Waals surface area contributed by atoms with Gasteiger partial charge >= 0.3 is 0 Å². The topological polar surface area (TPSA) is 67.6 Å². The van der Waals surface area contributed by atoms with Crippen LogP contribution in [0.3, 0.4) is 0 Å². The number of hydrogen-bond donors (Lipinski definition) is 2. The minimum Gasteiger partial charge on any atom is -0.369 e. The molecule has 2 heterocycles. The molecule has 0 radical (unpaired) electrons. The van der Waals surface area contributed by atoms with Crippen LogP contribution in [0.4, 0.5) is 0 Å². The molecule has 2 atom stereocenters. The number of carbonyl (C=O) groups excluding carboxylic acids is 1. The lowest BCUT2D eigenvalue weighted by Gasteiger charge is -2.38. The second kappa shape index (κ2) is 4.25. The normalized spacial score (nSPS) is 33.8. The Labute approximate surface area is 83.6 Å². The van der Waals surface area contributed by atoms with Gasteiger partial charge in [0.05, 0.1) is 12.6 Å². The number of morpholine rings is 1. The Hall–Kier alpha value is -0.650. The number of rotatable bonds is 2. The van der Waals surface area contributed by atoms with Gasteiger partial charge in [-0.25, -0.2) is 0 Å². The summed E-state index contributed by atoms with van der Waals surface area (Å²) in [4.78, 5) is 13.6. The molecule has 2 rings (SSSR count). The minimum absolute atomic E-state index is 0.0705. The van der Waals surface area contributed by atoms with Crippen LogP contribution in [-0.4, -0.2) is 55.7 Å². The average Bonchev–Trinajstić information content (AvgIpc) is 2.70. The van der Waals surface area contributed by atoms with Crippen molar-refractivity contribution in [3.05, 3.63) is 0 Å². The Morgan fingerprint density at radius 3 is 3.14 bits per heavy atom. The van der Waals surface area contributed by atoms with Gasteiger partial charge in [0.25, 0.3) is 0 Å². The average molecular weight is 199 g/mol. The molecule has 3 N–H and O–H groups in total. The van der Waals surface area contributed by atoms with E-state index in [2.05, 4.69) is 5.32 Å². The van der Waals surface area contributed by atoms with Gasteiger partial charge < -0.3 is 20.7 Å². The molecule has 5 heteroatoms. The fraction of sp³-hybridized carbons (Fsp3) is 0.889. The first-order chi connectivity index (χ1) is 6.83. The summed E-state index contributed by atoms with van der Waals surface area (Å²) < 4.78 is 5.18. The van der Waals surface area contributed by atoms with Gasteiger partial charge in [0.15, 0.2) is 0 Å². The third kappa shape index (κ3) is 1.75. The molecule has 2 aliphatic heterocycles. The van der Waals surface area contributed by atoms with Crippen molar-refractivity contribution in [2.24, 2.45) is 5.73 Å². The van der Waals surface area contributed by atoms with E-state index >= 15 is 0 Å². The molecule has 80 valence electrons. The lowest BCUT2D eigenvalue weighted by Crippen LogP contribution is -2.57. The van der Waals surface area contributed by atoms with Gasteiger partial charge in [-0.05, 0) is 13.0 Å². The molecular formula is C9H17N3O2. The second-order valence-corrected chi connectivity index (χ2v) is 3.85. The van der Waals surface area contributed by atoms with Crippen molar-refractivity contribution in [1.29, 1.82) is 0 Å². The maximum atomic E-state index is 11.7. The highest BCUT2D eigenvalue weighted by Crippen LogP contribution is 2.16. The molecule has 5 nitrogen and oxygen atoms in total. The molecule has 0 spiro atoms. The third-order valence-electron chi connectivity index (χ3n) is 2.92. The van der Waals surface area contributed by atoms with Gasteiger partial charge in [0.2, 0.25) is 5.91 Å². The zero-order chi connectivity index (χ0) is 9.97. The van der Waals surface area contributed by atoms with Crippen molar-refractivity contribution in [2.45, 2.75) is 18.5 Å². The quantitative estimate of drug-likeness (QED) is 0.570. The highest BCUT2D eigenvalue weighted by molar-refractivity contribution is 5.79. The van der Waals surface area contributed by atoms with E-state index in [1.807, 2.05) is 4.90 Å². The van der Waals surface area contributed by atoms with Crippen LogP contribution in [0.2, 0.25) is 0 Å². The number of ether oxygens (including phenoxy) is 1. The van der Waals surface area contributed by atoms with Crippen LogP contribution in [0.15, 0.2) is 0 Å². The zero-order valence-corrected chi connectivity index (χ0v) is 8.24. The number of nitrogens with two attached hydrogens (primary N) is 1. The predicted octanol–water partition coefficient (Wildman–Crippen LogP) is -1.47. The monoisotopic (exact) mass is 199 g/mol. The van der Waals surface area contributed by atoms with E-state index < -0.39 is 0 Å². The van der Waals surface area contributed by atoms with Gasteiger partial charge in [0.1, 0.15) is 6.61 Å². The molecule has 0 saturated carbocycles. The van der Waals surface area contributed by atoms with Crippen LogP contribution >= 0.6 is 0 Å². The minimum atomic E-state index is 0.0705. The van der Waals surface area contributed by atoms with Crippen molar-refractivity contribution in [2.75, 3.05) is 32.8 Å². The summed E-state index contributed by atoms with van der Waals surface area (Å²) in [6, 6.07) is 0.390. The fourth-order valence-electron chi connectivity index (χ4n) is 2.20. The number of nitrogens with one attached hydrogen (secondary N) is 1. The van der Waals surface area contributed by atoms with Crippen LogP contribution in [0.25, 0.3) is 0 Å². The van der Waals surface area contributed by atoms with E-state index in [0.717, 1.165) is 19.5 Å². The first-order valence-corrected chi connectivity index (χ1v) is 5.12.